The van der Waals surface area contributed by atoms with E-state index in [-0.39, 0.29) is 5.69 Å². The molecule has 0 atom stereocenters. The van der Waals surface area contributed by atoms with Crippen LogP contribution < -0.4 is 0 Å². The van der Waals surface area contributed by atoms with Gasteiger partial charge in [-0.2, -0.15) is 0 Å². The van der Waals surface area contributed by atoms with Crippen molar-refractivity contribution in [2.45, 2.75) is 0 Å². The van der Waals surface area contributed by atoms with Gasteiger partial charge in [-0.25, -0.2) is 0 Å². The lowest BCUT2D eigenvalue weighted by Crippen LogP contribution is -1.92. The number of benzene rings is 1. The van der Waals surface area contributed by atoms with Crippen molar-refractivity contribution in [1.82, 2.24) is 4.98 Å². The van der Waals surface area contributed by atoms with E-state index in [1.165, 1.54) is 12.4 Å². The third kappa shape index (κ3) is 2.01. The molecular formula is C11H7ClN2O2. The molecule has 5 heteroatoms. The maximum atomic E-state index is 10.8. The number of nitro groups is 1. The highest BCUT2D eigenvalue weighted by molar-refractivity contribution is 6.30. The van der Waals surface area contributed by atoms with E-state index in [9.17, 15) is 10.1 Å². The van der Waals surface area contributed by atoms with Gasteiger partial charge < -0.3 is 0 Å². The van der Waals surface area contributed by atoms with Gasteiger partial charge in [-0.15, -0.1) is 0 Å². The second kappa shape index (κ2) is 4.28. The molecule has 1 aromatic carbocycles. The standard InChI is InChI=1S/C11H7ClN2O2/c12-9-3-1-8(2-4-9)10-5-6-13-7-11(10)14(15)16/h1-7H. The van der Waals surface area contributed by atoms with Gasteiger partial charge >= 0.3 is 0 Å². The van der Waals surface area contributed by atoms with Crippen molar-refractivity contribution >= 4 is 17.3 Å². The SMILES string of the molecule is O=[N+]([O-])c1cnccc1-c1ccc(Cl)cc1. The van der Waals surface area contributed by atoms with E-state index in [1.807, 2.05) is 0 Å². The van der Waals surface area contributed by atoms with Crippen molar-refractivity contribution in [2.75, 3.05) is 0 Å². The first kappa shape index (κ1) is 10.6. The number of rotatable bonds is 2. The Labute approximate surface area is 96.7 Å². The van der Waals surface area contributed by atoms with Gasteiger partial charge in [-0.1, -0.05) is 23.7 Å². The lowest BCUT2D eigenvalue weighted by atomic mass is 10.1. The second-order valence-electron chi connectivity index (χ2n) is 3.16. The van der Waals surface area contributed by atoms with Crippen LogP contribution in [0.2, 0.25) is 5.02 Å². The lowest BCUT2D eigenvalue weighted by molar-refractivity contribution is -0.384. The van der Waals surface area contributed by atoms with Gasteiger partial charge in [-0.3, -0.25) is 15.1 Å². The Balaban J connectivity index is 2.55. The molecule has 80 valence electrons. The molecule has 1 heterocycles. The van der Waals surface area contributed by atoms with Crippen LogP contribution in [0.25, 0.3) is 11.1 Å². The summed E-state index contributed by atoms with van der Waals surface area (Å²) < 4.78 is 0. The van der Waals surface area contributed by atoms with E-state index in [4.69, 9.17) is 11.6 Å². The fourth-order valence-electron chi connectivity index (χ4n) is 1.41. The maximum absolute atomic E-state index is 10.8. The number of nitrogens with zero attached hydrogens (tertiary/aromatic N) is 2. The Kier molecular flexibility index (Phi) is 2.83. The molecular weight excluding hydrogens is 228 g/mol. The topological polar surface area (TPSA) is 56.0 Å². The van der Waals surface area contributed by atoms with E-state index in [0.29, 0.717) is 10.6 Å². The zero-order valence-electron chi connectivity index (χ0n) is 8.13. The van der Waals surface area contributed by atoms with Gasteiger partial charge in [0, 0.05) is 11.2 Å². The average Bonchev–Trinajstić information content (AvgIpc) is 2.30. The highest BCUT2D eigenvalue weighted by atomic mass is 35.5. The number of pyridine rings is 1. The molecule has 0 saturated heterocycles. The zero-order chi connectivity index (χ0) is 11.5. The molecule has 2 aromatic rings. The number of hydrogen-bond donors (Lipinski definition) is 0. The monoisotopic (exact) mass is 234 g/mol. The molecule has 0 bridgehead atoms. The average molecular weight is 235 g/mol. The van der Waals surface area contributed by atoms with Gasteiger partial charge in [-0.05, 0) is 23.8 Å². The number of aromatic nitrogens is 1. The van der Waals surface area contributed by atoms with Gasteiger partial charge in [0.1, 0.15) is 6.20 Å². The van der Waals surface area contributed by atoms with Crippen LogP contribution in [0.15, 0.2) is 42.7 Å². The first-order chi connectivity index (χ1) is 7.68. The largest absolute Gasteiger partial charge is 0.295 e. The molecule has 0 aliphatic carbocycles. The molecule has 0 aliphatic heterocycles. The summed E-state index contributed by atoms with van der Waals surface area (Å²) in [6.45, 7) is 0. The quantitative estimate of drug-likeness (QED) is 0.592. The van der Waals surface area contributed by atoms with Crippen LogP contribution >= 0.6 is 11.6 Å². The third-order valence-corrected chi connectivity index (χ3v) is 2.40. The fourth-order valence-corrected chi connectivity index (χ4v) is 1.53. The summed E-state index contributed by atoms with van der Waals surface area (Å²) in [5.74, 6) is 0. The summed E-state index contributed by atoms with van der Waals surface area (Å²) in [6, 6.07) is 8.48. The van der Waals surface area contributed by atoms with Gasteiger partial charge in [0.25, 0.3) is 5.69 Å². The van der Waals surface area contributed by atoms with E-state index in [1.54, 1.807) is 30.3 Å². The second-order valence-corrected chi connectivity index (χ2v) is 3.59. The Morgan fingerprint density at radius 3 is 2.50 bits per heavy atom. The van der Waals surface area contributed by atoms with Crippen molar-refractivity contribution < 1.29 is 4.92 Å². The van der Waals surface area contributed by atoms with Crippen LogP contribution in [-0.4, -0.2) is 9.91 Å². The molecule has 0 aliphatic rings. The first-order valence-corrected chi connectivity index (χ1v) is 4.90. The van der Waals surface area contributed by atoms with E-state index >= 15 is 0 Å². The summed E-state index contributed by atoms with van der Waals surface area (Å²) in [5, 5.41) is 11.4. The molecule has 2 rings (SSSR count). The first-order valence-electron chi connectivity index (χ1n) is 4.53. The molecule has 4 nitrogen and oxygen atoms in total. The molecule has 0 radical (unpaired) electrons. The molecule has 1 aromatic heterocycles. The summed E-state index contributed by atoms with van der Waals surface area (Å²) in [4.78, 5) is 14.1. The van der Waals surface area contributed by atoms with Crippen LogP contribution in [0.1, 0.15) is 0 Å². The molecule has 0 N–H and O–H groups in total. The van der Waals surface area contributed by atoms with Gasteiger partial charge in [0.05, 0.1) is 10.5 Å². The predicted octanol–water partition coefficient (Wildman–Crippen LogP) is 3.31. The minimum atomic E-state index is -0.447. The predicted molar refractivity (Wildman–Crippen MR) is 61.3 cm³/mol. The third-order valence-electron chi connectivity index (χ3n) is 2.15. The molecule has 0 amide bonds. The van der Waals surface area contributed by atoms with Gasteiger partial charge in [0.15, 0.2) is 0 Å². The van der Waals surface area contributed by atoms with Crippen molar-refractivity contribution in [1.29, 1.82) is 0 Å². The summed E-state index contributed by atoms with van der Waals surface area (Å²) >= 11 is 5.76. The Morgan fingerprint density at radius 1 is 1.19 bits per heavy atom. The maximum Gasteiger partial charge on any atom is 0.295 e. The van der Waals surface area contributed by atoms with E-state index in [2.05, 4.69) is 4.98 Å². The highest BCUT2D eigenvalue weighted by Gasteiger charge is 2.14. The van der Waals surface area contributed by atoms with Crippen molar-refractivity contribution in [3.63, 3.8) is 0 Å². The smallest absolute Gasteiger partial charge is 0.258 e. The van der Waals surface area contributed by atoms with Crippen LogP contribution in [0.4, 0.5) is 5.69 Å². The van der Waals surface area contributed by atoms with Crippen molar-refractivity contribution in [3.05, 3.63) is 57.9 Å². The van der Waals surface area contributed by atoms with Crippen LogP contribution in [0, 0.1) is 10.1 Å². The summed E-state index contributed by atoms with van der Waals surface area (Å²) in [6.07, 6.45) is 2.76. The minimum absolute atomic E-state index is 0.00942. The normalized spacial score (nSPS) is 10.1. The molecule has 0 saturated carbocycles. The van der Waals surface area contributed by atoms with Crippen LogP contribution in [-0.2, 0) is 0 Å². The van der Waals surface area contributed by atoms with Crippen LogP contribution in [0.5, 0.6) is 0 Å². The molecule has 0 spiro atoms. The van der Waals surface area contributed by atoms with Crippen molar-refractivity contribution in [3.8, 4) is 11.1 Å². The van der Waals surface area contributed by atoms with Crippen LogP contribution in [0.3, 0.4) is 0 Å². The fraction of sp³-hybridized carbons (Fsp3) is 0. The van der Waals surface area contributed by atoms with E-state index < -0.39 is 4.92 Å². The molecule has 16 heavy (non-hydrogen) atoms. The lowest BCUT2D eigenvalue weighted by Gasteiger charge is -2.02. The number of halogens is 1. The Bertz CT molecular complexity index is 526. The molecule has 0 unspecified atom stereocenters. The van der Waals surface area contributed by atoms with Gasteiger partial charge in [0.2, 0.25) is 0 Å². The Morgan fingerprint density at radius 2 is 1.88 bits per heavy atom. The summed E-state index contributed by atoms with van der Waals surface area (Å²) in [5.41, 5.74) is 1.28. The summed E-state index contributed by atoms with van der Waals surface area (Å²) in [7, 11) is 0. The molecule has 0 fully saturated rings. The minimum Gasteiger partial charge on any atom is -0.258 e. The highest BCUT2D eigenvalue weighted by Crippen LogP contribution is 2.29. The zero-order valence-corrected chi connectivity index (χ0v) is 8.89. The van der Waals surface area contributed by atoms with E-state index in [0.717, 1.165) is 5.56 Å². The Hall–Kier alpha value is -1.94. The number of hydrogen-bond acceptors (Lipinski definition) is 3. The van der Waals surface area contributed by atoms with Crippen molar-refractivity contribution in [2.24, 2.45) is 0 Å².